The zero-order valence-corrected chi connectivity index (χ0v) is 12.5. The summed E-state index contributed by atoms with van der Waals surface area (Å²) in [5, 5.41) is 14.5. The Morgan fingerprint density at radius 1 is 1.05 bits per heavy atom. The van der Waals surface area contributed by atoms with Gasteiger partial charge < -0.3 is 15.7 Å². The van der Waals surface area contributed by atoms with Gasteiger partial charge in [-0.05, 0) is 43.2 Å². The van der Waals surface area contributed by atoms with Crippen LogP contribution in [0.4, 0.5) is 5.69 Å². The molecule has 2 rings (SSSR count). The summed E-state index contributed by atoms with van der Waals surface area (Å²) in [7, 11) is 0. The maximum absolute atomic E-state index is 11.9. The summed E-state index contributed by atoms with van der Waals surface area (Å²) >= 11 is 0. The van der Waals surface area contributed by atoms with Crippen molar-refractivity contribution in [2.45, 2.75) is 19.9 Å². The van der Waals surface area contributed by atoms with Crippen LogP contribution in [0, 0.1) is 6.92 Å². The summed E-state index contributed by atoms with van der Waals surface area (Å²) in [5.41, 5.74) is 2.09. The van der Waals surface area contributed by atoms with Crippen LogP contribution >= 0.6 is 0 Å². The molecule has 0 aromatic heterocycles. The van der Waals surface area contributed by atoms with Gasteiger partial charge in [-0.25, -0.2) is 0 Å². The standard InChI is InChI=1S/C17H18N2O3/c1-11-10-14(20)8-9-15(11)19-17(22)16(21)18-12(2)13-6-4-3-5-7-13/h3-10,12,20H,1-2H3,(H,18,21)(H,19,22). The molecule has 2 aromatic carbocycles. The van der Waals surface area contributed by atoms with E-state index in [0.29, 0.717) is 11.3 Å². The van der Waals surface area contributed by atoms with Crippen LogP contribution in [-0.2, 0) is 9.59 Å². The van der Waals surface area contributed by atoms with Crippen LogP contribution in [0.25, 0.3) is 0 Å². The molecule has 0 saturated heterocycles. The quantitative estimate of drug-likeness (QED) is 0.602. The number of hydrogen-bond acceptors (Lipinski definition) is 3. The molecule has 1 unspecified atom stereocenters. The molecule has 0 spiro atoms. The van der Waals surface area contributed by atoms with Crippen LogP contribution in [0.3, 0.4) is 0 Å². The largest absolute Gasteiger partial charge is 0.508 e. The third-order valence-electron chi connectivity index (χ3n) is 3.31. The van der Waals surface area contributed by atoms with Crippen molar-refractivity contribution in [1.82, 2.24) is 5.32 Å². The lowest BCUT2D eigenvalue weighted by molar-refractivity contribution is -0.136. The van der Waals surface area contributed by atoms with Gasteiger partial charge in [0, 0.05) is 5.69 Å². The molecular weight excluding hydrogens is 280 g/mol. The number of phenols is 1. The number of aryl methyl sites for hydroxylation is 1. The predicted octanol–water partition coefficient (Wildman–Crippen LogP) is 2.52. The molecule has 0 radical (unpaired) electrons. The van der Waals surface area contributed by atoms with Crippen molar-refractivity contribution < 1.29 is 14.7 Å². The highest BCUT2D eigenvalue weighted by Crippen LogP contribution is 2.20. The van der Waals surface area contributed by atoms with E-state index in [1.807, 2.05) is 37.3 Å². The summed E-state index contributed by atoms with van der Waals surface area (Å²) in [4.78, 5) is 23.9. The van der Waals surface area contributed by atoms with Crippen LogP contribution in [0.2, 0.25) is 0 Å². The molecule has 0 aliphatic rings. The van der Waals surface area contributed by atoms with E-state index in [0.717, 1.165) is 5.56 Å². The monoisotopic (exact) mass is 298 g/mol. The van der Waals surface area contributed by atoms with Crippen LogP contribution < -0.4 is 10.6 Å². The molecule has 0 heterocycles. The molecule has 5 nitrogen and oxygen atoms in total. The van der Waals surface area contributed by atoms with E-state index in [9.17, 15) is 14.7 Å². The second-order valence-electron chi connectivity index (χ2n) is 5.06. The molecule has 2 aromatic rings. The van der Waals surface area contributed by atoms with Gasteiger partial charge in [0.05, 0.1) is 6.04 Å². The third kappa shape index (κ3) is 3.85. The SMILES string of the molecule is Cc1cc(O)ccc1NC(=O)C(=O)NC(C)c1ccccc1. The van der Waals surface area contributed by atoms with E-state index >= 15 is 0 Å². The Labute approximate surface area is 129 Å². The first-order chi connectivity index (χ1) is 10.5. The minimum absolute atomic E-state index is 0.109. The molecule has 22 heavy (non-hydrogen) atoms. The fraction of sp³-hybridized carbons (Fsp3) is 0.176. The first kappa shape index (κ1) is 15.6. The first-order valence-electron chi connectivity index (χ1n) is 6.94. The number of anilines is 1. The lowest BCUT2D eigenvalue weighted by Crippen LogP contribution is -2.37. The lowest BCUT2D eigenvalue weighted by atomic mass is 10.1. The van der Waals surface area contributed by atoms with Gasteiger partial charge >= 0.3 is 11.8 Å². The average molecular weight is 298 g/mol. The molecule has 2 amide bonds. The molecule has 0 aliphatic heterocycles. The van der Waals surface area contributed by atoms with E-state index in [2.05, 4.69) is 10.6 Å². The molecule has 0 saturated carbocycles. The van der Waals surface area contributed by atoms with E-state index in [1.165, 1.54) is 12.1 Å². The predicted molar refractivity (Wildman–Crippen MR) is 84.5 cm³/mol. The zero-order valence-electron chi connectivity index (χ0n) is 12.5. The van der Waals surface area contributed by atoms with Gasteiger partial charge in [0.15, 0.2) is 0 Å². The van der Waals surface area contributed by atoms with Crippen molar-refractivity contribution in [1.29, 1.82) is 0 Å². The Hall–Kier alpha value is -2.82. The minimum Gasteiger partial charge on any atom is -0.508 e. The summed E-state index contributed by atoms with van der Waals surface area (Å²) < 4.78 is 0. The highest BCUT2D eigenvalue weighted by molar-refractivity contribution is 6.39. The van der Waals surface area contributed by atoms with Crippen molar-refractivity contribution in [3.63, 3.8) is 0 Å². The molecule has 0 aliphatic carbocycles. The van der Waals surface area contributed by atoms with Gasteiger partial charge in [-0.1, -0.05) is 30.3 Å². The summed E-state index contributed by atoms with van der Waals surface area (Å²) in [6.45, 7) is 3.55. The summed E-state index contributed by atoms with van der Waals surface area (Å²) in [5.74, 6) is -1.34. The van der Waals surface area contributed by atoms with Crippen molar-refractivity contribution in [3.05, 3.63) is 59.7 Å². The molecule has 3 N–H and O–H groups in total. The van der Waals surface area contributed by atoms with Crippen molar-refractivity contribution in [2.75, 3.05) is 5.32 Å². The van der Waals surface area contributed by atoms with Crippen LogP contribution in [0.1, 0.15) is 24.1 Å². The Morgan fingerprint density at radius 3 is 2.36 bits per heavy atom. The number of carbonyl (C=O) groups is 2. The van der Waals surface area contributed by atoms with E-state index in [-0.39, 0.29) is 11.8 Å². The lowest BCUT2D eigenvalue weighted by Gasteiger charge is -2.14. The van der Waals surface area contributed by atoms with Crippen LogP contribution in [0.15, 0.2) is 48.5 Å². The number of phenolic OH excluding ortho intramolecular Hbond substituents is 1. The second kappa shape index (κ2) is 6.76. The molecule has 5 heteroatoms. The normalized spacial score (nSPS) is 11.5. The number of nitrogens with one attached hydrogen (secondary N) is 2. The zero-order chi connectivity index (χ0) is 16.1. The fourth-order valence-corrected chi connectivity index (χ4v) is 2.05. The molecule has 0 bridgehead atoms. The smallest absolute Gasteiger partial charge is 0.313 e. The first-order valence-corrected chi connectivity index (χ1v) is 6.94. The van der Waals surface area contributed by atoms with E-state index in [4.69, 9.17) is 0 Å². The molecule has 0 fully saturated rings. The molecular formula is C17H18N2O3. The van der Waals surface area contributed by atoms with Gasteiger partial charge in [-0.3, -0.25) is 9.59 Å². The average Bonchev–Trinajstić information content (AvgIpc) is 2.50. The number of aromatic hydroxyl groups is 1. The fourth-order valence-electron chi connectivity index (χ4n) is 2.05. The van der Waals surface area contributed by atoms with Gasteiger partial charge in [-0.15, -0.1) is 0 Å². The van der Waals surface area contributed by atoms with E-state index in [1.54, 1.807) is 13.0 Å². The number of hydrogen-bond donors (Lipinski definition) is 3. The third-order valence-corrected chi connectivity index (χ3v) is 3.31. The molecule has 1 atom stereocenters. The van der Waals surface area contributed by atoms with Crippen LogP contribution in [0.5, 0.6) is 5.75 Å². The van der Waals surface area contributed by atoms with Crippen molar-refractivity contribution >= 4 is 17.5 Å². The van der Waals surface area contributed by atoms with Crippen LogP contribution in [-0.4, -0.2) is 16.9 Å². The molecule has 114 valence electrons. The Morgan fingerprint density at radius 2 is 1.73 bits per heavy atom. The maximum atomic E-state index is 11.9. The van der Waals surface area contributed by atoms with E-state index < -0.39 is 11.8 Å². The maximum Gasteiger partial charge on any atom is 0.313 e. The Balaban J connectivity index is 1.99. The van der Waals surface area contributed by atoms with Gasteiger partial charge in [0.2, 0.25) is 0 Å². The highest BCUT2D eigenvalue weighted by Gasteiger charge is 2.17. The second-order valence-corrected chi connectivity index (χ2v) is 5.06. The minimum atomic E-state index is -0.739. The summed E-state index contributed by atoms with van der Waals surface area (Å²) in [6, 6.07) is 13.7. The van der Waals surface area contributed by atoms with Gasteiger partial charge in [-0.2, -0.15) is 0 Å². The highest BCUT2D eigenvalue weighted by atomic mass is 16.3. The number of rotatable bonds is 3. The van der Waals surface area contributed by atoms with Crippen molar-refractivity contribution in [2.24, 2.45) is 0 Å². The summed E-state index contributed by atoms with van der Waals surface area (Å²) in [6.07, 6.45) is 0. The van der Waals surface area contributed by atoms with Gasteiger partial charge in [0.1, 0.15) is 5.75 Å². The number of amides is 2. The van der Waals surface area contributed by atoms with Crippen molar-refractivity contribution in [3.8, 4) is 5.75 Å². The Bertz CT molecular complexity index is 684. The Kier molecular flexibility index (Phi) is 4.78. The number of carbonyl (C=O) groups excluding carboxylic acids is 2. The van der Waals surface area contributed by atoms with Gasteiger partial charge in [0.25, 0.3) is 0 Å². The topological polar surface area (TPSA) is 78.4 Å². The number of benzene rings is 2.